The molecule has 1 heterocycles. The molecule has 148 valence electrons. The Balaban J connectivity index is 1.74. The molecule has 0 unspecified atom stereocenters. The minimum absolute atomic E-state index is 0.192. The van der Waals surface area contributed by atoms with Gasteiger partial charge >= 0.3 is 5.97 Å². The standard InChI is InChI=1S/C24H29NO3/c1-4-25-15-14-22(20-8-6-5-7-9-20)23(17-25)24(26)28-18(2)16-19-10-12-21(27-3)13-11-19/h5-13,18H,4,14-17H2,1-3H3/t18-/m0/s1. The molecule has 1 aliphatic rings. The molecule has 0 saturated heterocycles. The number of likely N-dealkylation sites (N-methyl/N-ethyl adjacent to an activating group) is 1. The SMILES string of the molecule is CCN1CCC(c2ccccc2)=C(C(=O)O[C@@H](C)Cc2ccc(OC)cc2)C1. The Labute approximate surface area is 167 Å². The van der Waals surface area contributed by atoms with Crippen LogP contribution in [0.15, 0.2) is 60.2 Å². The van der Waals surface area contributed by atoms with Crippen molar-refractivity contribution in [3.8, 4) is 5.75 Å². The van der Waals surface area contributed by atoms with E-state index in [0.717, 1.165) is 47.5 Å². The number of nitrogens with zero attached hydrogens (tertiary/aromatic N) is 1. The summed E-state index contributed by atoms with van der Waals surface area (Å²) < 4.78 is 11.0. The van der Waals surface area contributed by atoms with Crippen molar-refractivity contribution in [2.45, 2.75) is 32.8 Å². The number of rotatable bonds is 7. The second-order valence-electron chi connectivity index (χ2n) is 7.21. The maximum atomic E-state index is 13.0. The molecule has 28 heavy (non-hydrogen) atoms. The van der Waals surface area contributed by atoms with Gasteiger partial charge in [-0.1, -0.05) is 49.4 Å². The van der Waals surface area contributed by atoms with Crippen molar-refractivity contribution in [2.75, 3.05) is 26.7 Å². The van der Waals surface area contributed by atoms with E-state index in [1.165, 1.54) is 0 Å². The Morgan fingerprint density at radius 1 is 1.11 bits per heavy atom. The van der Waals surface area contributed by atoms with Crippen LogP contribution in [0.5, 0.6) is 5.75 Å². The lowest BCUT2D eigenvalue weighted by Gasteiger charge is -2.29. The third-order valence-electron chi connectivity index (χ3n) is 5.23. The maximum Gasteiger partial charge on any atom is 0.335 e. The van der Waals surface area contributed by atoms with Crippen LogP contribution in [0.2, 0.25) is 0 Å². The van der Waals surface area contributed by atoms with Gasteiger partial charge in [0.1, 0.15) is 11.9 Å². The molecule has 0 aromatic heterocycles. The van der Waals surface area contributed by atoms with E-state index in [2.05, 4.69) is 24.0 Å². The van der Waals surface area contributed by atoms with E-state index in [0.29, 0.717) is 13.0 Å². The predicted octanol–water partition coefficient (Wildman–Crippen LogP) is 4.35. The highest BCUT2D eigenvalue weighted by atomic mass is 16.5. The Kier molecular flexibility index (Phi) is 6.88. The molecule has 4 nitrogen and oxygen atoms in total. The van der Waals surface area contributed by atoms with Crippen LogP contribution in [0.1, 0.15) is 31.4 Å². The van der Waals surface area contributed by atoms with Gasteiger partial charge in [0, 0.05) is 19.5 Å². The van der Waals surface area contributed by atoms with Crippen molar-refractivity contribution < 1.29 is 14.3 Å². The first-order valence-corrected chi connectivity index (χ1v) is 9.94. The molecular formula is C24H29NO3. The van der Waals surface area contributed by atoms with E-state index in [1.54, 1.807) is 7.11 Å². The van der Waals surface area contributed by atoms with Gasteiger partial charge in [0.15, 0.2) is 0 Å². The highest BCUT2D eigenvalue weighted by Crippen LogP contribution is 2.28. The number of methoxy groups -OCH3 is 1. The maximum absolute atomic E-state index is 13.0. The lowest BCUT2D eigenvalue weighted by Crippen LogP contribution is -2.35. The molecule has 1 aliphatic heterocycles. The smallest absolute Gasteiger partial charge is 0.335 e. The zero-order valence-corrected chi connectivity index (χ0v) is 17.0. The molecule has 0 fully saturated rings. The van der Waals surface area contributed by atoms with Crippen LogP contribution in [-0.2, 0) is 16.0 Å². The second-order valence-corrected chi connectivity index (χ2v) is 7.21. The van der Waals surface area contributed by atoms with Crippen molar-refractivity contribution in [3.05, 3.63) is 71.3 Å². The molecule has 4 heteroatoms. The van der Waals surface area contributed by atoms with Crippen molar-refractivity contribution in [1.82, 2.24) is 4.90 Å². The van der Waals surface area contributed by atoms with Crippen LogP contribution in [0.4, 0.5) is 0 Å². The van der Waals surface area contributed by atoms with Gasteiger partial charge in [-0.15, -0.1) is 0 Å². The van der Waals surface area contributed by atoms with Gasteiger partial charge in [0.2, 0.25) is 0 Å². The summed E-state index contributed by atoms with van der Waals surface area (Å²) in [6, 6.07) is 18.1. The van der Waals surface area contributed by atoms with E-state index in [9.17, 15) is 4.79 Å². The minimum Gasteiger partial charge on any atom is -0.497 e. The first-order valence-electron chi connectivity index (χ1n) is 9.94. The monoisotopic (exact) mass is 379 g/mol. The zero-order chi connectivity index (χ0) is 19.9. The van der Waals surface area contributed by atoms with Gasteiger partial charge in [-0.3, -0.25) is 4.90 Å². The average Bonchev–Trinajstić information content (AvgIpc) is 2.74. The molecule has 0 amide bonds. The molecular weight excluding hydrogens is 350 g/mol. The molecule has 3 rings (SSSR count). The summed E-state index contributed by atoms with van der Waals surface area (Å²) in [5, 5.41) is 0. The number of carbonyl (C=O) groups is 1. The van der Waals surface area contributed by atoms with Crippen molar-refractivity contribution in [2.24, 2.45) is 0 Å². The molecule has 0 spiro atoms. The number of esters is 1. The van der Waals surface area contributed by atoms with E-state index in [4.69, 9.17) is 9.47 Å². The summed E-state index contributed by atoms with van der Waals surface area (Å²) in [5.41, 5.74) is 4.15. The minimum atomic E-state index is -0.196. The van der Waals surface area contributed by atoms with Gasteiger partial charge in [-0.25, -0.2) is 4.79 Å². The highest BCUT2D eigenvalue weighted by molar-refractivity contribution is 5.98. The third-order valence-corrected chi connectivity index (χ3v) is 5.23. The first-order chi connectivity index (χ1) is 13.6. The largest absolute Gasteiger partial charge is 0.497 e. The van der Waals surface area contributed by atoms with Gasteiger partial charge in [0.25, 0.3) is 0 Å². The number of hydrogen-bond acceptors (Lipinski definition) is 4. The number of benzene rings is 2. The second kappa shape index (κ2) is 9.56. The van der Waals surface area contributed by atoms with E-state index in [1.807, 2.05) is 49.4 Å². The number of ether oxygens (including phenoxy) is 2. The van der Waals surface area contributed by atoms with Crippen molar-refractivity contribution >= 4 is 11.5 Å². The topological polar surface area (TPSA) is 38.8 Å². The van der Waals surface area contributed by atoms with Crippen LogP contribution in [0, 0.1) is 0 Å². The fraction of sp³-hybridized carbons (Fsp3) is 0.375. The quantitative estimate of drug-likeness (QED) is 0.671. The third kappa shape index (κ3) is 5.02. The highest BCUT2D eigenvalue weighted by Gasteiger charge is 2.26. The Hall–Kier alpha value is -2.59. The van der Waals surface area contributed by atoms with Crippen molar-refractivity contribution in [3.63, 3.8) is 0 Å². The molecule has 2 aromatic carbocycles. The number of carbonyl (C=O) groups excluding carboxylic acids is 1. The Morgan fingerprint density at radius 3 is 2.46 bits per heavy atom. The van der Waals surface area contributed by atoms with Crippen LogP contribution < -0.4 is 4.74 Å². The summed E-state index contributed by atoms with van der Waals surface area (Å²) in [6.45, 7) is 6.63. The molecule has 0 saturated carbocycles. The zero-order valence-electron chi connectivity index (χ0n) is 17.0. The molecule has 1 atom stereocenters. The summed E-state index contributed by atoms with van der Waals surface area (Å²) in [5.74, 6) is 0.630. The van der Waals surface area contributed by atoms with Crippen LogP contribution >= 0.6 is 0 Å². The first kappa shape index (κ1) is 20.2. The van der Waals surface area contributed by atoms with Gasteiger partial charge in [-0.05, 0) is 48.7 Å². The Morgan fingerprint density at radius 2 is 1.82 bits per heavy atom. The Bertz CT molecular complexity index is 812. The summed E-state index contributed by atoms with van der Waals surface area (Å²) in [6.07, 6.45) is 1.36. The summed E-state index contributed by atoms with van der Waals surface area (Å²) >= 11 is 0. The van der Waals surface area contributed by atoms with Gasteiger partial charge in [-0.2, -0.15) is 0 Å². The summed E-state index contributed by atoms with van der Waals surface area (Å²) in [4.78, 5) is 15.3. The molecule has 0 bridgehead atoms. The molecule has 0 radical (unpaired) electrons. The normalized spacial score (nSPS) is 16.0. The van der Waals surface area contributed by atoms with Crippen LogP contribution in [0.3, 0.4) is 0 Å². The fourth-order valence-electron chi connectivity index (χ4n) is 3.62. The predicted molar refractivity (Wildman–Crippen MR) is 112 cm³/mol. The van der Waals surface area contributed by atoms with Crippen LogP contribution in [0.25, 0.3) is 5.57 Å². The van der Waals surface area contributed by atoms with Crippen LogP contribution in [-0.4, -0.2) is 43.7 Å². The van der Waals surface area contributed by atoms with E-state index >= 15 is 0 Å². The fourth-order valence-corrected chi connectivity index (χ4v) is 3.62. The average molecular weight is 380 g/mol. The molecule has 0 aliphatic carbocycles. The number of hydrogen-bond donors (Lipinski definition) is 0. The van der Waals surface area contributed by atoms with Gasteiger partial charge < -0.3 is 9.47 Å². The lowest BCUT2D eigenvalue weighted by atomic mass is 9.93. The lowest BCUT2D eigenvalue weighted by molar-refractivity contribution is -0.143. The molecule has 0 N–H and O–H groups in total. The molecule has 2 aromatic rings. The van der Waals surface area contributed by atoms with E-state index < -0.39 is 0 Å². The van der Waals surface area contributed by atoms with Crippen molar-refractivity contribution in [1.29, 1.82) is 0 Å². The van der Waals surface area contributed by atoms with E-state index in [-0.39, 0.29) is 12.1 Å². The summed E-state index contributed by atoms with van der Waals surface area (Å²) in [7, 11) is 1.65. The van der Waals surface area contributed by atoms with Gasteiger partial charge in [0.05, 0.1) is 12.7 Å².